The van der Waals surface area contributed by atoms with E-state index in [9.17, 15) is 13.6 Å². The minimum Gasteiger partial charge on any atom is -0.338 e. The summed E-state index contributed by atoms with van der Waals surface area (Å²) in [6, 6.07) is 13.7. The first kappa shape index (κ1) is 18.2. The highest BCUT2D eigenvalue weighted by Gasteiger charge is 2.26. The maximum absolute atomic E-state index is 13.5. The van der Waals surface area contributed by atoms with E-state index in [2.05, 4.69) is 9.97 Å². The molecule has 1 aromatic heterocycles. The largest absolute Gasteiger partial charge is 0.338 e. The van der Waals surface area contributed by atoms with Crippen molar-refractivity contribution in [1.29, 1.82) is 0 Å². The van der Waals surface area contributed by atoms with Crippen LogP contribution in [0.1, 0.15) is 34.8 Å². The molecule has 4 nitrogen and oxygen atoms in total. The molecule has 0 bridgehead atoms. The molecule has 3 aromatic rings. The number of piperidine rings is 1. The molecule has 4 rings (SSSR count). The van der Waals surface area contributed by atoms with Crippen molar-refractivity contribution in [1.82, 2.24) is 14.9 Å². The minimum atomic E-state index is -0.417. The molecule has 1 atom stereocenters. The van der Waals surface area contributed by atoms with E-state index in [0.717, 1.165) is 24.1 Å². The molecule has 1 saturated heterocycles. The SMILES string of the molecule is O=C(c1cccc(F)c1)N1CCCC(c2ccnc(-c3ccc(F)cc3)n2)C1. The van der Waals surface area contributed by atoms with Crippen molar-refractivity contribution in [2.75, 3.05) is 13.1 Å². The summed E-state index contributed by atoms with van der Waals surface area (Å²) in [5.74, 6) is -0.283. The van der Waals surface area contributed by atoms with Crippen LogP contribution in [0.15, 0.2) is 60.8 Å². The Morgan fingerprint density at radius 3 is 2.64 bits per heavy atom. The number of hydrogen-bond donors (Lipinski definition) is 0. The summed E-state index contributed by atoms with van der Waals surface area (Å²) in [5, 5.41) is 0. The van der Waals surface area contributed by atoms with Gasteiger partial charge in [-0.2, -0.15) is 0 Å². The van der Waals surface area contributed by atoms with E-state index >= 15 is 0 Å². The van der Waals surface area contributed by atoms with Gasteiger partial charge in [0.15, 0.2) is 5.82 Å². The predicted molar refractivity (Wildman–Crippen MR) is 102 cm³/mol. The zero-order chi connectivity index (χ0) is 19.5. The summed E-state index contributed by atoms with van der Waals surface area (Å²) in [7, 11) is 0. The second kappa shape index (κ2) is 7.84. The molecule has 1 amide bonds. The van der Waals surface area contributed by atoms with Crippen LogP contribution in [-0.4, -0.2) is 33.9 Å². The lowest BCUT2D eigenvalue weighted by atomic mass is 9.94. The van der Waals surface area contributed by atoms with Gasteiger partial charge >= 0.3 is 0 Å². The van der Waals surface area contributed by atoms with Crippen LogP contribution in [0.3, 0.4) is 0 Å². The Bertz CT molecular complexity index is 991. The zero-order valence-corrected chi connectivity index (χ0v) is 15.2. The average molecular weight is 379 g/mol. The van der Waals surface area contributed by atoms with Gasteiger partial charge in [0.25, 0.3) is 5.91 Å². The lowest BCUT2D eigenvalue weighted by Gasteiger charge is -2.32. The molecular formula is C22H19F2N3O. The first-order valence-electron chi connectivity index (χ1n) is 9.24. The first-order valence-corrected chi connectivity index (χ1v) is 9.24. The molecule has 0 radical (unpaired) electrons. The molecule has 1 unspecified atom stereocenters. The number of carbonyl (C=O) groups is 1. The highest BCUT2D eigenvalue weighted by molar-refractivity contribution is 5.94. The molecule has 0 saturated carbocycles. The summed E-state index contributed by atoms with van der Waals surface area (Å²) < 4.78 is 26.6. The third-order valence-corrected chi connectivity index (χ3v) is 4.98. The third-order valence-electron chi connectivity index (χ3n) is 4.98. The average Bonchev–Trinajstić information content (AvgIpc) is 2.74. The van der Waals surface area contributed by atoms with E-state index in [1.165, 1.54) is 24.3 Å². The quantitative estimate of drug-likeness (QED) is 0.676. The number of amides is 1. The maximum atomic E-state index is 13.5. The van der Waals surface area contributed by atoms with Crippen molar-refractivity contribution < 1.29 is 13.6 Å². The van der Waals surface area contributed by atoms with Crippen molar-refractivity contribution in [3.8, 4) is 11.4 Å². The number of aromatic nitrogens is 2. The highest BCUT2D eigenvalue weighted by Crippen LogP contribution is 2.28. The van der Waals surface area contributed by atoms with Gasteiger partial charge in [-0.25, -0.2) is 18.7 Å². The van der Waals surface area contributed by atoms with Crippen LogP contribution >= 0.6 is 0 Å². The van der Waals surface area contributed by atoms with E-state index in [-0.39, 0.29) is 17.6 Å². The molecule has 2 heterocycles. The maximum Gasteiger partial charge on any atom is 0.253 e. The van der Waals surface area contributed by atoms with Crippen LogP contribution in [0, 0.1) is 11.6 Å². The van der Waals surface area contributed by atoms with Gasteiger partial charge < -0.3 is 4.90 Å². The summed E-state index contributed by atoms with van der Waals surface area (Å²) in [5.41, 5.74) is 1.95. The minimum absolute atomic E-state index is 0.0773. The fourth-order valence-electron chi connectivity index (χ4n) is 3.55. The molecule has 1 aliphatic heterocycles. The van der Waals surface area contributed by atoms with Gasteiger partial charge in [-0.1, -0.05) is 6.07 Å². The van der Waals surface area contributed by atoms with Gasteiger partial charge in [-0.15, -0.1) is 0 Å². The fourth-order valence-corrected chi connectivity index (χ4v) is 3.55. The van der Waals surface area contributed by atoms with Crippen molar-refractivity contribution in [2.24, 2.45) is 0 Å². The summed E-state index contributed by atoms with van der Waals surface area (Å²) in [4.78, 5) is 23.4. The van der Waals surface area contributed by atoms with E-state index in [1.807, 2.05) is 6.07 Å². The topological polar surface area (TPSA) is 46.1 Å². The van der Waals surface area contributed by atoms with Crippen molar-refractivity contribution in [2.45, 2.75) is 18.8 Å². The number of likely N-dealkylation sites (tertiary alicyclic amines) is 1. The molecule has 6 heteroatoms. The number of benzene rings is 2. The predicted octanol–water partition coefficient (Wildman–Crippen LogP) is 4.44. The molecule has 28 heavy (non-hydrogen) atoms. The molecule has 1 aliphatic rings. The smallest absolute Gasteiger partial charge is 0.253 e. The molecule has 0 N–H and O–H groups in total. The second-order valence-electron chi connectivity index (χ2n) is 6.91. The number of rotatable bonds is 3. The summed E-state index contributed by atoms with van der Waals surface area (Å²) in [6.45, 7) is 1.16. The van der Waals surface area contributed by atoms with Crippen LogP contribution in [-0.2, 0) is 0 Å². The lowest BCUT2D eigenvalue weighted by Crippen LogP contribution is -2.39. The number of carbonyl (C=O) groups excluding carboxylic acids is 1. The monoisotopic (exact) mass is 379 g/mol. The molecule has 1 fully saturated rings. The fraction of sp³-hybridized carbons (Fsp3) is 0.227. The molecule has 142 valence electrons. The van der Waals surface area contributed by atoms with Crippen molar-refractivity contribution >= 4 is 5.91 Å². The van der Waals surface area contributed by atoms with Gasteiger partial charge in [0.05, 0.1) is 0 Å². The van der Waals surface area contributed by atoms with Crippen LogP contribution in [0.4, 0.5) is 8.78 Å². The standard InChI is InChI=1S/C22H19F2N3O/c23-18-8-6-15(7-9-18)21-25-11-10-20(26-21)17-4-2-12-27(14-17)22(28)16-3-1-5-19(24)13-16/h1,3,5-11,13,17H,2,4,12,14H2. The Balaban J connectivity index is 1.54. The van der Waals surface area contributed by atoms with Gasteiger partial charge in [0, 0.05) is 42.0 Å². The van der Waals surface area contributed by atoms with Gasteiger partial charge in [-0.3, -0.25) is 4.79 Å². The first-order chi connectivity index (χ1) is 13.6. The van der Waals surface area contributed by atoms with Crippen molar-refractivity contribution in [3.63, 3.8) is 0 Å². The lowest BCUT2D eigenvalue weighted by molar-refractivity contribution is 0.0705. The van der Waals surface area contributed by atoms with Gasteiger partial charge in [0.1, 0.15) is 11.6 Å². The Morgan fingerprint density at radius 2 is 1.86 bits per heavy atom. The van der Waals surface area contributed by atoms with E-state index in [4.69, 9.17) is 0 Å². The third kappa shape index (κ3) is 3.91. The molecule has 0 aliphatic carbocycles. The van der Waals surface area contributed by atoms with E-state index in [0.29, 0.717) is 24.5 Å². The number of hydrogen-bond acceptors (Lipinski definition) is 3. The van der Waals surface area contributed by atoms with Crippen LogP contribution < -0.4 is 0 Å². The van der Waals surface area contributed by atoms with Crippen LogP contribution in [0.2, 0.25) is 0 Å². The van der Waals surface area contributed by atoms with Gasteiger partial charge in [0.2, 0.25) is 0 Å². The molecule has 0 spiro atoms. The van der Waals surface area contributed by atoms with Crippen molar-refractivity contribution in [3.05, 3.63) is 83.7 Å². The Labute approximate surface area is 161 Å². The zero-order valence-electron chi connectivity index (χ0n) is 15.2. The Kier molecular flexibility index (Phi) is 5.10. The van der Waals surface area contributed by atoms with Crippen LogP contribution in [0.5, 0.6) is 0 Å². The molecule has 2 aromatic carbocycles. The Hall–Kier alpha value is -3.15. The normalized spacial score (nSPS) is 16.8. The number of halogens is 2. The number of nitrogens with zero attached hydrogens (tertiary/aromatic N) is 3. The Morgan fingerprint density at radius 1 is 1.04 bits per heavy atom. The molecular weight excluding hydrogens is 360 g/mol. The van der Waals surface area contributed by atoms with E-state index in [1.54, 1.807) is 35.4 Å². The second-order valence-corrected chi connectivity index (χ2v) is 6.91. The summed E-state index contributed by atoms with van der Waals surface area (Å²) in [6.07, 6.45) is 3.45. The highest BCUT2D eigenvalue weighted by atomic mass is 19.1. The van der Waals surface area contributed by atoms with Crippen LogP contribution in [0.25, 0.3) is 11.4 Å². The summed E-state index contributed by atoms with van der Waals surface area (Å²) >= 11 is 0. The van der Waals surface area contributed by atoms with Gasteiger partial charge in [-0.05, 0) is 61.4 Å². The van der Waals surface area contributed by atoms with E-state index < -0.39 is 5.82 Å².